The quantitative estimate of drug-likeness (QED) is 0.860. The van der Waals surface area contributed by atoms with Crippen molar-refractivity contribution < 1.29 is 8.42 Å². The fraction of sp³-hybridized carbons (Fsp3) is 0.647. The van der Waals surface area contributed by atoms with E-state index in [1.807, 2.05) is 0 Å². The first-order valence-electron chi connectivity index (χ1n) is 8.67. The van der Waals surface area contributed by atoms with Crippen LogP contribution < -0.4 is 5.73 Å². The van der Waals surface area contributed by atoms with Crippen molar-refractivity contribution in [1.82, 2.24) is 9.21 Å². The number of nitrogens with zero attached hydrogens (tertiary/aromatic N) is 2. The Kier molecular flexibility index (Phi) is 5.24. The number of benzene rings is 1. The summed E-state index contributed by atoms with van der Waals surface area (Å²) in [6.07, 6.45) is 7.12. The van der Waals surface area contributed by atoms with Crippen LogP contribution in [0.15, 0.2) is 29.2 Å². The topological polar surface area (TPSA) is 66.6 Å². The number of hydrogen-bond acceptors (Lipinski definition) is 4. The SMILES string of the molecule is Nc1ccc(S(=O)(=O)N2CCCC(N3CCCCCC3)C2)cc1. The summed E-state index contributed by atoms with van der Waals surface area (Å²) in [7, 11) is -3.41. The van der Waals surface area contributed by atoms with Gasteiger partial charge in [-0.05, 0) is 63.0 Å². The predicted molar refractivity (Wildman–Crippen MR) is 92.7 cm³/mol. The summed E-state index contributed by atoms with van der Waals surface area (Å²) in [5.41, 5.74) is 6.26. The lowest BCUT2D eigenvalue weighted by atomic mass is 10.1. The molecule has 0 radical (unpaired) electrons. The first kappa shape index (κ1) is 16.7. The molecule has 6 heteroatoms. The van der Waals surface area contributed by atoms with Crippen LogP contribution in [0.3, 0.4) is 0 Å². The fourth-order valence-corrected chi connectivity index (χ4v) is 5.20. The molecular weight excluding hydrogens is 310 g/mol. The van der Waals surface area contributed by atoms with Gasteiger partial charge in [0.15, 0.2) is 0 Å². The highest BCUT2D eigenvalue weighted by atomic mass is 32.2. The number of piperidine rings is 1. The van der Waals surface area contributed by atoms with Crippen LogP contribution in [0.4, 0.5) is 5.69 Å². The molecule has 0 aromatic heterocycles. The number of nitrogens with two attached hydrogens (primary N) is 1. The average molecular weight is 337 g/mol. The number of nitrogen functional groups attached to an aromatic ring is 1. The lowest BCUT2D eigenvalue weighted by Gasteiger charge is -2.38. The predicted octanol–water partition coefficient (Wildman–Crippen LogP) is 2.30. The molecule has 128 valence electrons. The summed E-state index contributed by atoms with van der Waals surface area (Å²) in [5, 5.41) is 0. The van der Waals surface area contributed by atoms with Crippen LogP contribution >= 0.6 is 0 Å². The van der Waals surface area contributed by atoms with Gasteiger partial charge in [-0.3, -0.25) is 4.90 Å². The molecule has 0 spiro atoms. The Morgan fingerprint density at radius 2 is 1.57 bits per heavy atom. The van der Waals surface area contributed by atoms with Gasteiger partial charge in [0.2, 0.25) is 10.0 Å². The van der Waals surface area contributed by atoms with Gasteiger partial charge in [-0.1, -0.05) is 12.8 Å². The third kappa shape index (κ3) is 3.87. The molecule has 1 aromatic carbocycles. The van der Waals surface area contributed by atoms with Gasteiger partial charge in [-0.15, -0.1) is 0 Å². The second-order valence-corrected chi connectivity index (χ2v) is 8.62. The molecule has 5 nitrogen and oxygen atoms in total. The van der Waals surface area contributed by atoms with Gasteiger partial charge in [-0.2, -0.15) is 4.31 Å². The maximum atomic E-state index is 12.9. The monoisotopic (exact) mass is 337 g/mol. The smallest absolute Gasteiger partial charge is 0.243 e. The van der Waals surface area contributed by atoms with Gasteiger partial charge in [0.25, 0.3) is 0 Å². The number of anilines is 1. The van der Waals surface area contributed by atoms with Crippen molar-refractivity contribution in [2.24, 2.45) is 0 Å². The van der Waals surface area contributed by atoms with E-state index in [0.29, 0.717) is 29.7 Å². The molecule has 1 atom stereocenters. The molecule has 0 saturated carbocycles. The van der Waals surface area contributed by atoms with Crippen LogP contribution in [0.1, 0.15) is 38.5 Å². The van der Waals surface area contributed by atoms with Gasteiger partial charge in [0.05, 0.1) is 4.90 Å². The first-order valence-corrected chi connectivity index (χ1v) is 10.1. The Balaban J connectivity index is 1.73. The zero-order chi connectivity index (χ0) is 16.3. The highest BCUT2D eigenvalue weighted by Gasteiger charge is 2.32. The molecule has 1 unspecified atom stereocenters. The van der Waals surface area contributed by atoms with E-state index in [4.69, 9.17) is 5.73 Å². The fourth-order valence-electron chi connectivity index (χ4n) is 3.69. The van der Waals surface area contributed by atoms with Crippen LogP contribution in [0.5, 0.6) is 0 Å². The van der Waals surface area contributed by atoms with Crippen molar-refractivity contribution in [1.29, 1.82) is 0 Å². The van der Waals surface area contributed by atoms with E-state index in [1.165, 1.54) is 25.7 Å². The lowest BCUT2D eigenvalue weighted by molar-refractivity contribution is 0.139. The molecule has 2 heterocycles. The third-order valence-electron chi connectivity index (χ3n) is 5.03. The van der Waals surface area contributed by atoms with Crippen molar-refractivity contribution in [3.63, 3.8) is 0 Å². The summed E-state index contributed by atoms with van der Waals surface area (Å²) >= 11 is 0. The highest BCUT2D eigenvalue weighted by molar-refractivity contribution is 7.89. The van der Waals surface area contributed by atoms with Crippen LogP contribution in [-0.4, -0.2) is 49.8 Å². The minimum atomic E-state index is -3.41. The maximum absolute atomic E-state index is 12.9. The summed E-state index contributed by atoms with van der Waals surface area (Å²) in [4.78, 5) is 2.86. The molecule has 2 fully saturated rings. The van der Waals surface area contributed by atoms with E-state index >= 15 is 0 Å². The van der Waals surface area contributed by atoms with Crippen molar-refractivity contribution in [3.05, 3.63) is 24.3 Å². The van der Waals surface area contributed by atoms with E-state index in [0.717, 1.165) is 25.9 Å². The summed E-state index contributed by atoms with van der Waals surface area (Å²) in [6, 6.07) is 6.90. The molecule has 0 amide bonds. The molecule has 2 saturated heterocycles. The molecule has 0 aliphatic carbocycles. The zero-order valence-electron chi connectivity index (χ0n) is 13.7. The average Bonchev–Trinajstić information content (AvgIpc) is 2.85. The Labute approximate surface area is 139 Å². The van der Waals surface area contributed by atoms with E-state index in [2.05, 4.69) is 4.90 Å². The number of likely N-dealkylation sites (tertiary alicyclic amines) is 1. The number of rotatable bonds is 3. The first-order chi connectivity index (χ1) is 11.1. The number of hydrogen-bond donors (Lipinski definition) is 1. The molecule has 23 heavy (non-hydrogen) atoms. The summed E-state index contributed by atoms with van der Waals surface area (Å²) in [6.45, 7) is 3.46. The minimum Gasteiger partial charge on any atom is -0.399 e. The van der Waals surface area contributed by atoms with Crippen LogP contribution in [0.25, 0.3) is 0 Å². The minimum absolute atomic E-state index is 0.350. The van der Waals surface area contributed by atoms with Crippen molar-refractivity contribution >= 4 is 15.7 Å². The lowest BCUT2D eigenvalue weighted by Crippen LogP contribution is -2.50. The molecule has 2 N–H and O–H groups in total. The van der Waals surface area contributed by atoms with Crippen LogP contribution in [0.2, 0.25) is 0 Å². The second-order valence-electron chi connectivity index (χ2n) is 6.68. The van der Waals surface area contributed by atoms with Crippen LogP contribution in [0, 0.1) is 0 Å². The molecule has 3 rings (SSSR count). The summed E-state index contributed by atoms with van der Waals surface area (Å²) < 4.78 is 27.4. The molecule has 2 aliphatic heterocycles. The van der Waals surface area contributed by atoms with E-state index < -0.39 is 10.0 Å². The van der Waals surface area contributed by atoms with Gasteiger partial charge in [0, 0.05) is 24.8 Å². The van der Waals surface area contributed by atoms with Crippen molar-refractivity contribution in [3.8, 4) is 0 Å². The van der Waals surface area contributed by atoms with E-state index in [1.54, 1.807) is 28.6 Å². The Morgan fingerprint density at radius 3 is 2.22 bits per heavy atom. The Hall–Kier alpha value is -1.11. The second kappa shape index (κ2) is 7.20. The van der Waals surface area contributed by atoms with Crippen molar-refractivity contribution in [2.75, 3.05) is 31.9 Å². The van der Waals surface area contributed by atoms with Crippen LogP contribution in [-0.2, 0) is 10.0 Å². The molecule has 2 aliphatic rings. The molecule has 1 aromatic rings. The maximum Gasteiger partial charge on any atom is 0.243 e. The van der Waals surface area contributed by atoms with Gasteiger partial charge < -0.3 is 5.73 Å². The number of sulfonamides is 1. The molecular formula is C17H27N3O2S. The largest absolute Gasteiger partial charge is 0.399 e. The van der Waals surface area contributed by atoms with E-state index in [9.17, 15) is 8.42 Å². The molecule has 0 bridgehead atoms. The zero-order valence-corrected chi connectivity index (χ0v) is 14.5. The van der Waals surface area contributed by atoms with Gasteiger partial charge in [-0.25, -0.2) is 8.42 Å². The highest BCUT2D eigenvalue weighted by Crippen LogP contribution is 2.25. The Bertz CT molecular complexity index is 607. The standard InChI is InChI=1S/C17H27N3O2S/c18-15-7-9-17(10-8-15)23(21,22)20-13-5-6-16(14-20)19-11-3-1-2-4-12-19/h7-10,16H,1-6,11-14,18H2. The summed E-state index contributed by atoms with van der Waals surface area (Å²) in [5.74, 6) is 0. The van der Waals surface area contributed by atoms with E-state index in [-0.39, 0.29) is 0 Å². The normalized spacial score (nSPS) is 25.1. The third-order valence-corrected chi connectivity index (χ3v) is 6.91. The Morgan fingerprint density at radius 1 is 0.913 bits per heavy atom. The van der Waals surface area contributed by atoms with Gasteiger partial charge >= 0.3 is 0 Å². The van der Waals surface area contributed by atoms with Crippen molar-refractivity contribution in [2.45, 2.75) is 49.5 Å². The van der Waals surface area contributed by atoms with Gasteiger partial charge in [0.1, 0.15) is 0 Å².